The number of rotatable bonds is 5. The molecule has 0 saturated carbocycles. The Kier molecular flexibility index (Phi) is 8.14. The summed E-state index contributed by atoms with van der Waals surface area (Å²) in [6.07, 6.45) is 6.95. The summed E-state index contributed by atoms with van der Waals surface area (Å²) in [4.78, 5) is 2.28. The molecule has 0 saturated heterocycles. The van der Waals surface area contributed by atoms with E-state index >= 15 is 0 Å². The highest BCUT2D eigenvalue weighted by atomic mass is 15.1. The van der Waals surface area contributed by atoms with Crippen molar-refractivity contribution >= 4 is 11.8 Å². The van der Waals surface area contributed by atoms with E-state index in [1.165, 1.54) is 42.7 Å². The number of anilines is 1. The van der Waals surface area contributed by atoms with E-state index in [1.807, 2.05) is 0 Å². The van der Waals surface area contributed by atoms with Crippen LogP contribution < -0.4 is 10.2 Å². The van der Waals surface area contributed by atoms with Gasteiger partial charge in [-0.15, -0.1) is 0 Å². The van der Waals surface area contributed by atoms with Crippen molar-refractivity contribution in [3.05, 3.63) is 35.4 Å². The van der Waals surface area contributed by atoms with Gasteiger partial charge in [-0.05, 0) is 49.9 Å². The molecule has 0 aliphatic carbocycles. The van der Waals surface area contributed by atoms with Crippen LogP contribution in [0.3, 0.4) is 0 Å². The molecule has 21 heavy (non-hydrogen) atoms. The lowest BCUT2D eigenvalue weighted by Gasteiger charge is -2.25. The van der Waals surface area contributed by atoms with Crippen molar-refractivity contribution in [2.24, 2.45) is 5.92 Å². The number of hydrogen-bond acceptors (Lipinski definition) is 2. The monoisotopic (exact) mass is 288 g/mol. The van der Waals surface area contributed by atoms with Gasteiger partial charge in [-0.1, -0.05) is 51.1 Å². The number of aryl methyl sites for hydroxylation is 1. The molecule has 0 bridgehead atoms. The van der Waals surface area contributed by atoms with Crippen LogP contribution in [0.1, 0.15) is 44.7 Å². The van der Waals surface area contributed by atoms with Crippen molar-refractivity contribution in [3.63, 3.8) is 0 Å². The van der Waals surface area contributed by atoms with Gasteiger partial charge >= 0.3 is 0 Å². The summed E-state index contributed by atoms with van der Waals surface area (Å²) in [5.41, 5.74) is 4.07. The number of benzene rings is 1. The van der Waals surface area contributed by atoms with Crippen LogP contribution in [-0.4, -0.2) is 26.7 Å². The molecule has 0 unspecified atom stereocenters. The van der Waals surface area contributed by atoms with Crippen LogP contribution >= 0.6 is 0 Å². The van der Waals surface area contributed by atoms with Crippen molar-refractivity contribution in [2.45, 2.75) is 40.5 Å². The average Bonchev–Trinajstić information content (AvgIpc) is 2.44. The fourth-order valence-electron chi connectivity index (χ4n) is 2.46. The van der Waals surface area contributed by atoms with Crippen molar-refractivity contribution in [1.82, 2.24) is 5.32 Å². The van der Waals surface area contributed by atoms with Gasteiger partial charge < -0.3 is 10.2 Å². The Labute approximate surface area is 131 Å². The van der Waals surface area contributed by atoms with E-state index < -0.39 is 0 Å². The van der Waals surface area contributed by atoms with Gasteiger partial charge in [0.15, 0.2) is 0 Å². The fourth-order valence-corrected chi connectivity index (χ4v) is 2.46. The average molecular weight is 288 g/mol. The molecule has 0 amide bonds. The Morgan fingerprint density at radius 3 is 2.62 bits per heavy atom. The summed E-state index contributed by atoms with van der Waals surface area (Å²) in [5, 5.41) is 3.37. The molecule has 1 N–H and O–H groups in total. The quantitative estimate of drug-likeness (QED) is 0.803. The Balaban J connectivity index is 0.000000222. The summed E-state index contributed by atoms with van der Waals surface area (Å²) in [6, 6.07) is 6.43. The summed E-state index contributed by atoms with van der Waals surface area (Å²) < 4.78 is 0. The zero-order valence-electron chi connectivity index (χ0n) is 14.4. The molecular formula is C19H32N2. The lowest BCUT2D eigenvalue weighted by atomic mass is 10.0. The van der Waals surface area contributed by atoms with E-state index in [0.29, 0.717) is 0 Å². The second-order valence-corrected chi connectivity index (χ2v) is 6.23. The van der Waals surface area contributed by atoms with Crippen molar-refractivity contribution in [2.75, 3.05) is 31.6 Å². The largest absolute Gasteiger partial charge is 0.370 e. The summed E-state index contributed by atoms with van der Waals surface area (Å²) in [5.74, 6) is 0.842. The highest BCUT2D eigenvalue weighted by Crippen LogP contribution is 2.27. The molecule has 1 aliphatic heterocycles. The zero-order valence-corrected chi connectivity index (χ0v) is 14.4. The molecule has 1 heterocycles. The number of likely N-dealkylation sites (N-methyl/N-ethyl adjacent to an activating group) is 1. The lowest BCUT2D eigenvalue weighted by molar-refractivity contribution is 0.537. The first-order valence-corrected chi connectivity index (χ1v) is 8.24. The van der Waals surface area contributed by atoms with Crippen LogP contribution in [0.15, 0.2) is 24.3 Å². The van der Waals surface area contributed by atoms with Gasteiger partial charge in [-0.25, -0.2) is 0 Å². The number of fused-ring (bicyclic) bond motifs is 1. The molecule has 2 heteroatoms. The Bertz CT molecular complexity index is 435. The molecule has 0 spiro atoms. The van der Waals surface area contributed by atoms with Gasteiger partial charge in [0.1, 0.15) is 0 Å². The third-order valence-corrected chi connectivity index (χ3v) is 3.65. The standard InChI is InChI=1S/C11H13N.C8H19N/c1-9-5-3-6-10-7-4-8-12(2)11(9)10;1-4-6-9-7-5-8(2)3/h3-7H,8H2,1-2H3;8-9H,4-7H2,1-3H3. The highest BCUT2D eigenvalue weighted by Gasteiger charge is 2.10. The fraction of sp³-hybridized carbons (Fsp3) is 0.579. The number of nitrogens with zero attached hydrogens (tertiary/aromatic N) is 1. The molecule has 1 aromatic carbocycles. The normalized spacial score (nSPS) is 13.0. The minimum Gasteiger partial charge on any atom is -0.370 e. The highest BCUT2D eigenvalue weighted by molar-refractivity contribution is 5.73. The van der Waals surface area contributed by atoms with Gasteiger partial charge in [-0.3, -0.25) is 0 Å². The van der Waals surface area contributed by atoms with Crippen LogP contribution in [0.2, 0.25) is 0 Å². The molecule has 0 radical (unpaired) electrons. The van der Waals surface area contributed by atoms with Crippen LogP contribution in [0.4, 0.5) is 5.69 Å². The predicted molar refractivity (Wildman–Crippen MR) is 96.1 cm³/mol. The maximum absolute atomic E-state index is 3.37. The molecule has 2 nitrogen and oxygen atoms in total. The minimum atomic E-state index is 0.842. The third-order valence-electron chi connectivity index (χ3n) is 3.65. The van der Waals surface area contributed by atoms with Crippen molar-refractivity contribution in [1.29, 1.82) is 0 Å². The third kappa shape index (κ3) is 6.34. The number of para-hydroxylation sites is 1. The topological polar surface area (TPSA) is 15.3 Å². The zero-order chi connectivity index (χ0) is 15.7. The van der Waals surface area contributed by atoms with Gasteiger partial charge in [0, 0.05) is 19.3 Å². The van der Waals surface area contributed by atoms with E-state index in [0.717, 1.165) is 12.5 Å². The molecule has 2 rings (SSSR count). The lowest BCUT2D eigenvalue weighted by Crippen LogP contribution is -2.21. The SMILES string of the molecule is CCCNCCC(C)C.Cc1cccc2c1N(C)CC=C2. The van der Waals surface area contributed by atoms with E-state index in [1.54, 1.807) is 0 Å². The Morgan fingerprint density at radius 1 is 1.24 bits per heavy atom. The van der Waals surface area contributed by atoms with Crippen LogP contribution in [0.5, 0.6) is 0 Å². The molecule has 1 aromatic rings. The van der Waals surface area contributed by atoms with E-state index in [4.69, 9.17) is 0 Å². The smallest absolute Gasteiger partial charge is 0.0469 e. The minimum absolute atomic E-state index is 0.842. The van der Waals surface area contributed by atoms with E-state index in [-0.39, 0.29) is 0 Å². The number of nitrogens with one attached hydrogen (secondary N) is 1. The van der Waals surface area contributed by atoms with Crippen LogP contribution in [0.25, 0.3) is 6.08 Å². The number of hydrogen-bond donors (Lipinski definition) is 1. The summed E-state index contributed by atoms with van der Waals surface area (Å²) >= 11 is 0. The summed E-state index contributed by atoms with van der Waals surface area (Å²) in [7, 11) is 2.13. The Morgan fingerprint density at radius 2 is 2.00 bits per heavy atom. The first-order chi connectivity index (χ1) is 10.1. The Hall–Kier alpha value is -1.28. The van der Waals surface area contributed by atoms with Crippen LogP contribution in [-0.2, 0) is 0 Å². The van der Waals surface area contributed by atoms with E-state index in [9.17, 15) is 0 Å². The molecule has 0 fully saturated rings. The van der Waals surface area contributed by atoms with Crippen LogP contribution in [0, 0.1) is 12.8 Å². The first kappa shape index (κ1) is 17.8. The van der Waals surface area contributed by atoms with E-state index in [2.05, 4.69) is 75.3 Å². The van der Waals surface area contributed by atoms with Gasteiger partial charge in [-0.2, -0.15) is 0 Å². The second kappa shape index (κ2) is 9.62. The molecule has 118 valence electrons. The van der Waals surface area contributed by atoms with Gasteiger partial charge in [0.05, 0.1) is 0 Å². The maximum atomic E-state index is 3.37. The first-order valence-electron chi connectivity index (χ1n) is 8.24. The van der Waals surface area contributed by atoms with Gasteiger partial charge in [0.25, 0.3) is 0 Å². The maximum Gasteiger partial charge on any atom is 0.0469 e. The molecule has 0 aromatic heterocycles. The molecule has 1 aliphatic rings. The molecule has 0 atom stereocenters. The second-order valence-electron chi connectivity index (χ2n) is 6.23. The van der Waals surface area contributed by atoms with Gasteiger partial charge in [0.2, 0.25) is 0 Å². The van der Waals surface area contributed by atoms with Crippen molar-refractivity contribution in [3.8, 4) is 0 Å². The predicted octanol–water partition coefficient (Wildman–Crippen LogP) is 4.49. The molecular weight excluding hydrogens is 256 g/mol. The summed E-state index contributed by atoms with van der Waals surface area (Å²) in [6.45, 7) is 12.3. The van der Waals surface area contributed by atoms with Crippen molar-refractivity contribution < 1.29 is 0 Å².